The van der Waals surface area contributed by atoms with Crippen molar-refractivity contribution in [1.29, 1.82) is 5.26 Å². The third-order valence-electron chi connectivity index (χ3n) is 5.17. The summed E-state index contributed by atoms with van der Waals surface area (Å²) in [5.41, 5.74) is 2.52. The van der Waals surface area contributed by atoms with E-state index in [1.165, 1.54) is 23.1 Å². The third-order valence-corrected chi connectivity index (χ3v) is 7.26. The summed E-state index contributed by atoms with van der Waals surface area (Å²) in [6.45, 7) is 4.65. The zero-order valence-corrected chi connectivity index (χ0v) is 20.4. The number of hydrogen-bond acceptors (Lipinski definition) is 7. The van der Waals surface area contributed by atoms with Crippen molar-refractivity contribution >= 4 is 34.0 Å². The Morgan fingerprint density at radius 3 is 2.53 bits per heavy atom. The predicted molar refractivity (Wildman–Crippen MR) is 134 cm³/mol. The highest BCUT2D eigenvalue weighted by atomic mass is 32.2. The molecular weight excluding hydrogens is 466 g/mol. The zero-order chi connectivity index (χ0) is 23.9. The van der Waals surface area contributed by atoms with Crippen LogP contribution >= 0.6 is 23.1 Å². The van der Waals surface area contributed by atoms with Crippen LogP contribution in [0.4, 0.5) is 5.00 Å². The molecule has 4 aromatic rings. The number of hydrogen-bond donors (Lipinski definition) is 1. The normalized spacial score (nSPS) is 10.6. The first kappa shape index (κ1) is 23.5. The van der Waals surface area contributed by atoms with Crippen LogP contribution < -0.4 is 10.1 Å². The highest BCUT2D eigenvalue weighted by Gasteiger charge is 2.18. The maximum atomic E-state index is 12.6. The summed E-state index contributed by atoms with van der Waals surface area (Å²) in [4.78, 5) is 13.7. The van der Waals surface area contributed by atoms with E-state index in [2.05, 4.69) is 21.6 Å². The lowest BCUT2D eigenvalue weighted by atomic mass is 10.2. The van der Waals surface area contributed by atoms with Crippen LogP contribution in [0.1, 0.15) is 27.4 Å². The van der Waals surface area contributed by atoms with Crippen molar-refractivity contribution in [2.24, 2.45) is 0 Å². The molecule has 0 spiro atoms. The van der Waals surface area contributed by atoms with Gasteiger partial charge in [-0.1, -0.05) is 60.3 Å². The molecule has 0 atom stereocenters. The van der Waals surface area contributed by atoms with Crippen molar-refractivity contribution in [1.82, 2.24) is 14.8 Å². The first-order chi connectivity index (χ1) is 16.5. The highest BCUT2D eigenvalue weighted by Crippen LogP contribution is 2.32. The monoisotopic (exact) mass is 489 g/mol. The van der Waals surface area contributed by atoms with Gasteiger partial charge >= 0.3 is 0 Å². The van der Waals surface area contributed by atoms with Gasteiger partial charge in [0.15, 0.2) is 11.0 Å². The highest BCUT2D eigenvalue weighted by molar-refractivity contribution is 7.99. The molecule has 0 fully saturated rings. The SMILES string of the molecule is Cc1sc(NC(=O)CSc2nnc(COc3ccccc3)n2Cc2ccccc2)c(C#N)c1C. The van der Waals surface area contributed by atoms with E-state index in [-0.39, 0.29) is 18.3 Å². The summed E-state index contributed by atoms with van der Waals surface area (Å²) in [7, 11) is 0. The number of thiophene rings is 1. The second kappa shape index (κ2) is 11.0. The molecule has 0 saturated heterocycles. The third kappa shape index (κ3) is 5.65. The van der Waals surface area contributed by atoms with E-state index in [0.29, 0.717) is 28.1 Å². The summed E-state index contributed by atoms with van der Waals surface area (Å²) in [6, 6.07) is 21.7. The second-order valence-electron chi connectivity index (χ2n) is 7.51. The number of para-hydroxylation sites is 1. The van der Waals surface area contributed by atoms with Crippen molar-refractivity contribution < 1.29 is 9.53 Å². The molecule has 1 amide bonds. The molecule has 0 aliphatic heterocycles. The molecular formula is C25H23N5O2S2. The first-order valence-electron chi connectivity index (χ1n) is 10.6. The molecule has 172 valence electrons. The number of ether oxygens (including phenoxy) is 1. The van der Waals surface area contributed by atoms with Gasteiger partial charge in [-0.05, 0) is 37.1 Å². The predicted octanol–water partition coefficient (Wildman–Crippen LogP) is 5.19. The van der Waals surface area contributed by atoms with Gasteiger partial charge in [0, 0.05) is 4.88 Å². The smallest absolute Gasteiger partial charge is 0.235 e. The van der Waals surface area contributed by atoms with Crippen LogP contribution in [0.25, 0.3) is 0 Å². The van der Waals surface area contributed by atoms with E-state index >= 15 is 0 Å². The number of amides is 1. The maximum absolute atomic E-state index is 12.6. The molecule has 0 aliphatic rings. The average Bonchev–Trinajstić information content (AvgIpc) is 3.36. The maximum Gasteiger partial charge on any atom is 0.235 e. The summed E-state index contributed by atoms with van der Waals surface area (Å²) < 4.78 is 7.85. The van der Waals surface area contributed by atoms with E-state index in [1.54, 1.807) is 0 Å². The molecule has 0 unspecified atom stereocenters. The lowest BCUT2D eigenvalue weighted by molar-refractivity contribution is -0.113. The fraction of sp³-hybridized carbons (Fsp3) is 0.200. The number of carbonyl (C=O) groups excluding carboxylic acids is 1. The number of benzene rings is 2. The number of thioether (sulfide) groups is 1. The molecule has 2 aromatic carbocycles. The minimum atomic E-state index is -0.195. The Morgan fingerprint density at radius 1 is 1.12 bits per heavy atom. The van der Waals surface area contributed by atoms with E-state index in [1.807, 2.05) is 79.1 Å². The summed E-state index contributed by atoms with van der Waals surface area (Å²) in [5, 5.41) is 22.1. The van der Waals surface area contributed by atoms with E-state index in [0.717, 1.165) is 21.8 Å². The molecule has 0 radical (unpaired) electrons. The van der Waals surface area contributed by atoms with Gasteiger partial charge in [-0.3, -0.25) is 9.36 Å². The standard InChI is InChI=1S/C25H23N5O2S2/c1-17-18(2)34-24(21(17)13-26)27-23(31)16-33-25-29-28-22(15-32-20-11-7-4-8-12-20)30(25)14-19-9-5-3-6-10-19/h3-12H,14-16H2,1-2H3,(H,27,31). The number of rotatable bonds is 9. The van der Waals surface area contributed by atoms with Crippen LogP contribution in [0.3, 0.4) is 0 Å². The van der Waals surface area contributed by atoms with Crippen molar-refractivity contribution in [3.63, 3.8) is 0 Å². The minimum Gasteiger partial charge on any atom is -0.486 e. The Bertz CT molecular complexity index is 1310. The summed E-state index contributed by atoms with van der Waals surface area (Å²) >= 11 is 2.72. The summed E-state index contributed by atoms with van der Waals surface area (Å²) in [5.74, 6) is 1.37. The van der Waals surface area contributed by atoms with Crippen LogP contribution in [0.15, 0.2) is 65.8 Å². The molecule has 7 nitrogen and oxygen atoms in total. The number of anilines is 1. The fourth-order valence-corrected chi connectivity index (χ4v) is 5.05. The van der Waals surface area contributed by atoms with E-state index in [9.17, 15) is 10.1 Å². The van der Waals surface area contributed by atoms with Crippen LogP contribution in [0.2, 0.25) is 0 Å². The van der Waals surface area contributed by atoms with Gasteiger partial charge in [0.25, 0.3) is 0 Å². The molecule has 0 bridgehead atoms. The molecule has 0 aliphatic carbocycles. The van der Waals surface area contributed by atoms with Gasteiger partial charge in [0.1, 0.15) is 23.4 Å². The zero-order valence-electron chi connectivity index (χ0n) is 18.8. The molecule has 9 heteroatoms. The van der Waals surface area contributed by atoms with Crippen molar-refractivity contribution in [2.45, 2.75) is 32.2 Å². The number of carbonyl (C=O) groups is 1. The van der Waals surface area contributed by atoms with Crippen molar-refractivity contribution in [3.8, 4) is 11.8 Å². The number of nitrogens with zero attached hydrogens (tertiary/aromatic N) is 4. The quantitative estimate of drug-likeness (QED) is 0.326. The number of aryl methyl sites for hydroxylation is 1. The number of nitriles is 1. The molecule has 2 heterocycles. The molecule has 4 rings (SSSR count). The Labute approximate surface area is 206 Å². The largest absolute Gasteiger partial charge is 0.486 e. The van der Waals surface area contributed by atoms with Crippen LogP contribution in [-0.4, -0.2) is 26.4 Å². The van der Waals surface area contributed by atoms with Crippen molar-refractivity contribution in [3.05, 3.63) is 88.1 Å². The Hall–Kier alpha value is -3.61. The molecule has 2 aromatic heterocycles. The van der Waals surface area contributed by atoms with E-state index < -0.39 is 0 Å². The lowest BCUT2D eigenvalue weighted by Gasteiger charge is -2.11. The molecule has 34 heavy (non-hydrogen) atoms. The van der Waals surface area contributed by atoms with Gasteiger partial charge in [-0.25, -0.2) is 0 Å². The number of aromatic nitrogens is 3. The molecule has 1 N–H and O–H groups in total. The Morgan fingerprint density at radius 2 is 1.82 bits per heavy atom. The Balaban J connectivity index is 1.48. The van der Waals surface area contributed by atoms with Gasteiger partial charge < -0.3 is 10.1 Å². The van der Waals surface area contributed by atoms with Crippen LogP contribution in [0, 0.1) is 25.2 Å². The average molecular weight is 490 g/mol. The van der Waals surface area contributed by atoms with Crippen LogP contribution in [-0.2, 0) is 17.9 Å². The summed E-state index contributed by atoms with van der Waals surface area (Å²) in [6.07, 6.45) is 0. The topological polar surface area (TPSA) is 92.8 Å². The molecule has 0 saturated carbocycles. The van der Waals surface area contributed by atoms with Gasteiger partial charge in [-0.2, -0.15) is 5.26 Å². The first-order valence-corrected chi connectivity index (χ1v) is 12.4. The van der Waals surface area contributed by atoms with Crippen LogP contribution in [0.5, 0.6) is 5.75 Å². The van der Waals surface area contributed by atoms with Gasteiger partial charge in [0.2, 0.25) is 5.91 Å². The van der Waals surface area contributed by atoms with Gasteiger partial charge in [0.05, 0.1) is 17.9 Å². The second-order valence-corrected chi connectivity index (χ2v) is 9.68. The fourth-order valence-electron chi connectivity index (χ4n) is 3.26. The minimum absolute atomic E-state index is 0.146. The van der Waals surface area contributed by atoms with Crippen molar-refractivity contribution in [2.75, 3.05) is 11.1 Å². The van der Waals surface area contributed by atoms with Gasteiger partial charge in [-0.15, -0.1) is 21.5 Å². The Kier molecular flexibility index (Phi) is 7.62. The lowest BCUT2D eigenvalue weighted by Crippen LogP contribution is -2.15. The van der Waals surface area contributed by atoms with E-state index in [4.69, 9.17) is 4.74 Å². The number of nitrogens with one attached hydrogen (secondary N) is 1.